The molecule has 0 radical (unpaired) electrons. The van der Waals surface area contributed by atoms with E-state index in [0.29, 0.717) is 0 Å². The highest BCUT2D eigenvalue weighted by Crippen LogP contribution is 2.40. The van der Waals surface area contributed by atoms with E-state index in [2.05, 4.69) is 0 Å². The molecule has 2 N–H and O–H groups in total. The predicted octanol–water partition coefficient (Wildman–Crippen LogP) is 2.60. The highest BCUT2D eigenvalue weighted by molar-refractivity contribution is 5.99. The van der Waals surface area contributed by atoms with Crippen LogP contribution in [0.25, 0.3) is 11.1 Å². The van der Waals surface area contributed by atoms with E-state index >= 15 is 0 Å². The van der Waals surface area contributed by atoms with Crippen molar-refractivity contribution in [2.45, 2.75) is 13.8 Å². The number of carboxylic acid groups (broad SMARTS) is 2. The lowest BCUT2D eigenvalue weighted by Crippen LogP contribution is -2.11. The highest BCUT2D eigenvalue weighted by atomic mass is 16.5. The van der Waals surface area contributed by atoms with Crippen LogP contribution in [0.4, 0.5) is 0 Å². The van der Waals surface area contributed by atoms with Gasteiger partial charge in [0.15, 0.2) is 11.5 Å². The number of para-hydroxylation sites is 2. The Labute approximate surface area is 147 Å². The molecule has 0 aliphatic heterocycles. The number of carbonyl (C=O) groups is 4. The van der Waals surface area contributed by atoms with Gasteiger partial charge < -0.3 is 19.7 Å². The van der Waals surface area contributed by atoms with Gasteiger partial charge in [-0.25, -0.2) is 9.59 Å². The van der Waals surface area contributed by atoms with E-state index in [1.165, 1.54) is 36.4 Å². The minimum atomic E-state index is -1.34. The molecule has 0 spiro atoms. The molecule has 8 heteroatoms. The highest BCUT2D eigenvalue weighted by Gasteiger charge is 2.24. The number of carboxylic acids is 2. The first-order valence-corrected chi connectivity index (χ1v) is 7.32. The summed E-state index contributed by atoms with van der Waals surface area (Å²) < 4.78 is 10.1. The van der Waals surface area contributed by atoms with Crippen molar-refractivity contribution in [1.82, 2.24) is 0 Å². The van der Waals surface area contributed by atoms with E-state index in [1.54, 1.807) is 0 Å². The summed E-state index contributed by atoms with van der Waals surface area (Å²) in [5, 5.41) is 18.7. The van der Waals surface area contributed by atoms with Gasteiger partial charge in [0, 0.05) is 25.0 Å². The van der Waals surface area contributed by atoms with Crippen LogP contribution >= 0.6 is 0 Å². The molecule has 0 saturated heterocycles. The second-order valence-electron chi connectivity index (χ2n) is 5.16. The lowest BCUT2D eigenvalue weighted by molar-refractivity contribution is -0.132. The normalized spacial score (nSPS) is 10.1. The van der Waals surface area contributed by atoms with Crippen molar-refractivity contribution in [3.63, 3.8) is 0 Å². The van der Waals surface area contributed by atoms with Crippen molar-refractivity contribution in [1.29, 1.82) is 0 Å². The largest absolute Gasteiger partial charge is 0.478 e. The molecule has 2 aromatic carbocycles. The quantitative estimate of drug-likeness (QED) is 0.617. The molecule has 0 saturated carbocycles. The van der Waals surface area contributed by atoms with Gasteiger partial charge in [-0.15, -0.1) is 0 Å². The summed E-state index contributed by atoms with van der Waals surface area (Å²) in [6, 6.07) is 8.12. The fraction of sp³-hybridized carbons (Fsp3) is 0.111. The molecular weight excluding hydrogens is 344 g/mol. The smallest absolute Gasteiger partial charge is 0.339 e. The Morgan fingerprint density at radius 3 is 1.31 bits per heavy atom. The number of hydrogen-bond donors (Lipinski definition) is 2. The number of carbonyl (C=O) groups excluding carboxylic acids is 2. The zero-order valence-electron chi connectivity index (χ0n) is 13.8. The number of aromatic carboxylic acids is 2. The Balaban J connectivity index is 2.83. The molecule has 0 aromatic heterocycles. The monoisotopic (exact) mass is 358 g/mol. The minimum absolute atomic E-state index is 0.0967. The third-order valence-electron chi connectivity index (χ3n) is 3.27. The van der Waals surface area contributed by atoms with E-state index in [0.717, 1.165) is 13.8 Å². The first-order valence-electron chi connectivity index (χ1n) is 7.32. The molecule has 26 heavy (non-hydrogen) atoms. The topological polar surface area (TPSA) is 127 Å². The van der Waals surface area contributed by atoms with E-state index < -0.39 is 23.9 Å². The lowest BCUT2D eigenvalue weighted by Gasteiger charge is -2.16. The maximum Gasteiger partial charge on any atom is 0.339 e. The Morgan fingerprint density at radius 1 is 0.692 bits per heavy atom. The van der Waals surface area contributed by atoms with Gasteiger partial charge in [-0.05, 0) is 12.1 Å². The second-order valence-corrected chi connectivity index (χ2v) is 5.16. The van der Waals surface area contributed by atoms with Crippen LogP contribution in [-0.2, 0) is 9.59 Å². The molecule has 8 nitrogen and oxygen atoms in total. The average Bonchev–Trinajstić information content (AvgIpc) is 2.54. The standard InChI is InChI=1S/C18H14O8/c1-9(19)25-15-11(5-3-7-13(15)17(21)22)12-6-4-8-14(18(23)24)16(12)26-10(2)20/h3-8H,1-2H3,(H,21,22)(H,23,24). The van der Waals surface area contributed by atoms with Crippen LogP contribution in [0.1, 0.15) is 34.6 Å². The molecule has 0 aliphatic carbocycles. The molecule has 134 valence electrons. The van der Waals surface area contributed by atoms with Crippen molar-refractivity contribution in [2.24, 2.45) is 0 Å². The van der Waals surface area contributed by atoms with Crippen molar-refractivity contribution >= 4 is 23.9 Å². The van der Waals surface area contributed by atoms with Crippen molar-refractivity contribution in [3.8, 4) is 22.6 Å². The van der Waals surface area contributed by atoms with Crippen LogP contribution in [0, 0.1) is 0 Å². The van der Waals surface area contributed by atoms with E-state index in [1.807, 2.05) is 0 Å². The molecule has 0 bridgehead atoms. The first kappa shape index (κ1) is 18.7. The Kier molecular flexibility index (Phi) is 5.36. The number of benzene rings is 2. The zero-order valence-corrected chi connectivity index (χ0v) is 13.8. The van der Waals surface area contributed by atoms with E-state index in [9.17, 15) is 29.4 Å². The van der Waals surface area contributed by atoms with Gasteiger partial charge in [-0.3, -0.25) is 9.59 Å². The lowest BCUT2D eigenvalue weighted by atomic mass is 9.98. The first-order chi connectivity index (χ1) is 12.2. The molecule has 0 heterocycles. The number of ether oxygens (including phenoxy) is 2. The van der Waals surface area contributed by atoms with Crippen LogP contribution in [0.2, 0.25) is 0 Å². The summed E-state index contributed by atoms with van der Waals surface area (Å²) in [5.41, 5.74) is -0.404. The fourth-order valence-corrected chi connectivity index (χ4v) is 2.34. The maximum atomic E-state index is 11.5. The third kappa shape index (κ3) is 3.86. The summed E-state index contributed by atoms with van der Waals surface area (Å²) in [4.78, 5) is 45.7. The van der Waals surface area contributed by atoms with Crippen molar-refractivity contribution < 1.29 is 38.9 Å². The molecule has 0 aliphatic rings. The average molecular weight is 358 g/mol. The van der Waals surface area contributed by atoms with Gasteiger partial charge in [0.1, 0.15) is 11.1 Å². The Bertz CT molecular complexity index is 838. The number of hydrogen-bond acceptors (Lipinski definition) is 6. The van der Waals surface area contributed by atoms with Crippen molar-refractivity contribution in [3.05, 3.63) is 47.5 Å². The van der Waals surface area contributed by atoms with E-state index in [4.69, 9.17) is 9.47 Å². The SMILES string of the molecule is CC(=O)Oc1c(C(=O)O)cccc1-c1cccc(C(=O)O)c1OC(C)=O. The van der Waals surface area contributed by atoms with Crippen LogP contribution in [-0.4, -0.2) is 34.1 Å². The van der Waals surface area contributed by atoms with Crippen LogP contribution in [0.3, 0.4) is 0 Å². The summed E-state index contributed by atoms with van der Waals surface area (Å²) >= 11 is 0. The predicted molar refractivity (Wildman–Crippen MR) is 88.4 cm³/mol. The van der Waals surface area contributed by atoms with Crippen molar-refractivity contribution in [2.75, 3.05) is 0 Å². The Hall–Kier alpha value is -3.68. The summed E-state index contributed by atoms with van der Waals surface area (Å²) in [7, 11) is 0. The van der Waals surface area contributed by atoms with Crippen LogP contribution in [0.5, 0.6) is 11.5 Å². The third-order valence-corrected chi connectivity index (χ3v) is 3.27. The fourth-order valence-electron chi connectivity index (χ4n) is 2.34. The summed E-state index contributed by atoms with van der Waals surface area (Å²) in [6.07, 6.45) is 0. The van der Waals surface area contributed by atoms with Crippen LogP contribution in [0.15, 0.2) is 36.4 Å². The van der Waals surface area contributed by atoms with Gasteiger partial charge in [0.05, 0.1) is 0 Å². The maximum absolute atomic E-state index is 11.5. The van der Waals surface area contributed by atoms with E-state index in [-0.39, 0.29) is 33.8 Å². The van der Waals surface area contributed by atoms with Gasteiger partial charge in [-0.1, -0.05) is 24.3 Å². The molecule has 0 unspecified atom stereocenters. The minimum Gasteiger partial charge on any atom is -0.478 e. The van der Waals surface area contributed by atoms with Gasteiger partial charge >= 0.3 is 23.9 Å². The molecular formula is C18H14O8. The number of rotatable bonds is 5. The summed E-state index contributed by atoms with van der Waals surface area (Å²) in [5.74, 6) is -4.75. The molecule has 0 fully saturated rings. The van der Waals surface area contributed by atoms with Gasteiger partial charge in [0.2, 0.25) is 0 Å². The molecule has 2 rings (SSSR count). The molecule has 0 amide bonds. The molecule has 2 aromatic rings. The van der Waals surface area contributed by atoms with Gasteiger partial charge in [0.25, 0.3) is 0 Å². The second kappa shape index (κ2) is 7.47. The van der Waals surface area contributed by atoms with Gasteiger partial charge in [-0.2, -0.15) is 0 Å². The molecule has 0 atom stereocenters. The Morgan fingerprint density at radius 2 is 1.04 bits per heavy atom. The summed E-state index contributed by atoms with van der Waals surface area (Å²) in [6.45, 7) is 2.20. The zero-order chi connectivity index (χ0) is 19.4. The van der Waals surface area contributed by atoms with Crippen LogP contribution < -0.4 is 9.47 Å². The number of esters is 2.